The Hall–Kier alpha value is -0.0800. The topological polar surface area (TPSA) is 15.3 Å². The molecule has 2 unspecified atom stereocenters. The molecule has 2 rings (SSSR count). The molecule has 2 fully saturated rings. The van der Waals surface area contributed by atoms with E-state index >= 15 is 0 Å². The molecular weight excluding hydrogens is 244 g/mol. The van der Waals surface area contributed by atoms with Gasteiger partial charge >= 0.3 is 0 Å². The molecule has 2 atom stereocenters. The van der Waals surface area contributed by atoms with E-state index < -0.39 is 0 Å². The average Bonchev–Trinajstić information content (AvgIpc) is 2.36. The molecule has 0 aromatic heterocycles. The fourth-order valence-corrected chi connectivity index (χ4v) is 4.32. The van der Waals surface area contributed by atoms with E-state index in [1.807, 2.05) is 0 Å². The van der Waals surface area contributed by atoms with Crippen molar-refractivity contribution in [3.8, 4) is 0 Å². The van der Waals surface area contributed by atoms with Crippen LogP contribution >= 0.6 is 0 Å². The summed E-state index contributed by atoms with van der Waals surface area (Å²) in [6.45, 7) is 11.1. The molecule has 0 amide bonds. The average molecular weight is 280 g/mol. The Morgan fingerprint density at radius 3 is 2.30 bits per heavy atom. The van der Waals surface area contributed by atoms with Gasteiger partial charge in [0.25, 0.3) is 0 Å². The first-order valence-electron chi connectivity index (χ1n) is 9.12. The molecule has 2 nitrogen and oxygen atoms in total. The Morgan fingerprint density at radius 1 is 1.00 bits per heavy atom. The van der Waals surface area contributed by atoms with Gasteiger partial charge < -0.3 is 5.32 Å². The van der Waals surface area contributed by atoms with Gasteiger partial charge in [-0.05, 0) is 57.2 Å². The molecule has 1 saturated carbocycles. The normalized spacial score (nSPS) is 32.5. The largest absolute Gasteiger partial charge is 0.312 e. The maximum absolute atomic E-state index is 3.90. The van der Waals surface area contributed by atoms with Gasteiger partial charge in [0, 0.05) is 12.1 Å². The van der Waals surface area contributed by atoms with Crippen LogP contribution in [0.1, 0.15) is 78.6 Å². The lowest BCUT2D eigenvalue weighted by atomic mass is 9.70. The zero-order valence-corrected chi connectivity index (χ0v) is 14.1. The highest BCUT2D eigenvalue weighted by atomic mass is 15.2. The van der Waals surface area contributed by atoms with Gasteiger partial charge in [-0.2, -0.15) is 0 Å². The molecule has 1 heterocycles. The second kappa shape index (κ2) is 7.79. The van der Waals surface area contributed by atoms with Crippen molar-refractivity contribution < 1.29 is 0 Å². The highest BCUT2D eigenvalue weighted by molar-refractivity contribution is 4.98. The molecule has 0 aromatic carbocycles. The lowest BCUT2D eigenvalue weighted by molar-refractivity contribution is 0.0437. The third kappa shape index (κ3) is 4.21. The maximum atomic E-state index is 3.90. The van der Waals surface area contributed by atoms with Crippen molar-refractivity contribution in [3.63, 3.8) is 0 Å². The zero-order chi connectivity index (χ0) is 14.4. The van der Waals surface area contributed by atoms with Gasteiger partial charge in [-0.25, -0.2) is 0 Å². The van der Waals surface area contributed by atoms with Crippen molar-refractivity contribution in [2.45, 2.75) is 90.6 Å². The Bertz CT molecular complexity index is 267. The van der Waals surface area contributed by atoms with E-state index in [1.54, 1.807) is 0 Å². The molecule has 2 heteroatoms. The number of hydrogen-bond donors (Lipinski definition) is 1. The molecule has 1 aliphatic heterocycles. The first-order chi connectivity index (χ1) is 9.65. The summed E-state index contributed by atoms with van der Waals surface area (Å²) in [5.41, 5.74) is 0.459. The third-order valence-corrected chi connectivity index (χ3v) is 5.52. The van der Waals surface area contributed by atoms with Gasteiger partial charge in [0.05, 0.1) is 0 Å². The van der Waals surface area contributed by atoms with Crippen LogP contribution in [0.4, 0.5) is 0 Å². The highest BCUT2D eigenvalue weighted by Crippen LogP contribution is 2.38. The molecular formula is C18H36N2. The van der Waals surface area contributed by atoms with Crippen LogP contribution in [-0.4, -0.2) is 36.6 Å². The number of rotatable bonds is 4. The van der Waals surface area contributed by atoms with Gasteiger partial charge in [-0.15, -0.1) is 0 Å². The van der Waals surface area contributed by atoms with Crippen molar-refractivity contribution in [3.05, 3.63) is 0 Å². The monoisotopic (exact) mass is 280 g/mol. The summed E-state index contributed by atoms with van der Waals surface area (Å²) >= 11 is 0. The minimum atomic E-state index is 0.459. The van der Waals surface area contributed by atoms with Crippen molar-refractivity contribution >= 4 is 0 Å². The van der Waals surface area contributed by atoms with Crippen LogP contribution in [0.25, 0.3) is 0 Å². The van der Waals surface area contributed by atoms with Gasteiger partial charge in [0.15, 0.2) is 0 Å². The zero-order valence-electron chi connectivity index (χ0n) is 14.1. The molecule has 0 bridgehead atoms. The van der Waals surface area contributed by atoms with E-state index in [-0.39, 0.29) is 0 Å². The van der Waals surface area contributed by atoms with Crippen LogP contribution in [0.15, 0.2) is 0 Å². The minimum absolute atomic E-state index is 0.459. The van der Waals surface area contributed by atoms with E-state index in [2.05, 4.69) is 31.0 Å². The summed E-state index contributed by atoms with van der Waals surface area (Å²) < 4.78 is 0. The summed E-state index contributed by atoms with van der Waals surface area (Å²) in [7, 11) is 0. The van der Waals surface area contributed by atoms with Crippen molar-refractivity contribution in [2.24, 2.45) is 5.41 Å². The molecule has 2 aliphatic rings. The second-order valence-corrected chi connectivity index (χ2v) is 7.68. The highest BCUT2D eigenvalue weighted by Gasteiger charge is 2.40. The van der Waals surface area contributed by atoms with E-state index in [0.29, 0.717) is 11.5 Å². The number of nitrogens with one attached hydrogen (secondary N) is 1. The van der Waals surface area contributed by atoms with Crippen molar-refractivity contribution in [1.82, 2.24) is 10.2 Å². The quantitative estimate of drug-likeness (QED) is 0.830. The first kappa shape index (κ1) is 16.3. The molecule has 0 aromatic rings. The Kier molecular flexibility index (Phi) is 6.35. The maximum Gasteiger partial charge on any atom is 0.0274 e. The van der Waals surface area contributed by atoms with Crippen LogP contribution in [-0.2, 0) is 0 Å². The molecule has 118 valence electrons. The second-order valence-electron chi connectivity index (χ2n) is 7.68. The standard InChI is InChI=1S/C18H36N2/c1-4-13-19-17-16(11-10-12-18(17,2)3)20-14-8-6-5-7-9-15-20/h16-17,19H,4-15H2,1-3H3. The minimum Gasteiger partial charge on any atom is -0.312 e. The summed E-state index contributed by atoms with van der Waals surface area (Å²) in [6, 6.07) is 1.47. The Balaban J connectivity index is 2.04. The Labute approximate surface area is 126 Å². The molecule has 1 N–H and O–H groups in total. The summed E-state index contributed by atoms with van der Waals surface area (Å²) in [5, 5.41) is 3.90. The Morgan fingerprint density at radius 2 is 1.65 bits per heavy atom. The number of hydrogen-bond acceptors (Lipinski definition) is 2. The lowest BCUT2D eigenvalue weighted by Gasteiger charge is -2.49. The van der Waals surface area contributed by atoms with E-state index in [0.717, 1.165) is 6.04 Å². The third-order valence-electron chi connectivity index (χ3n) is 5.52. The van der Waals surface area contributed by atoms with Crippen molar-refractivity contribution in [1.29, 1.82) is 0 Å². The number of likely N-dealkylation sites (tertiary alicyclic amines) is 1. The van der Waals surface area contributed by atoms with Gasteiger partial charge in [0.2, 0.25) is 0 Å². The fourth-order valence-electron chi connectivity index (χ4n) is 4.32. The van der Waals surface area contributed by atoms with Gasteiger partial charge in [-0.3, -0.25) is 4.90 Å². The molecule has 1 saturated heterocycles. The predicted octanol–water partition coefficient (Wildman–Crippen LogP) is 4.20. The molecule has 1 aliphatic carbocycles. The summed E-state index contributed by atoms with van der Waals surface area (Å²) in [5.74, 6) is 0. The van der Waals surface area contributed by atoms with Crippen LogP contribution in [0.2, 0.25) is 0 Å². The van der Waals surface area contributed by atoms with Crippen molar-refractivity contribution in [2.75, 3.05) is 19.6 Å². The van der Waals surface area contributed by atoms with E-state index in [9.17, 15) is 0 Å². The smallest absolute Gasteiger partial charge is 0.0274 e. The van der Waals surface area contributed by atoms with E-state index in [4.69, 9.17) is 0 Å². The summed E-state index contributed by atoms with van der Waals surface area (Å²) in [6.07, 6.45) is 12.6. The van der Waals surface area contributed by atoms with Crippen LogP contribution in [0.5, 0.6) is 0 Å². The van der Waals surface area contributed by atoms with Gasteiger partial charge in [-0.1, -0.05) is 46.5 Å². The van der Waals surface area contributed by atoms with Gasteiger partial charge in [0.1, 0.15) is 0 Å². The van der Waals surface area contributed by atoms with Crippen LogP contribution < -0.4 is 5.32 Å². The predicted molar refractivity (Wildman–Crippen MR) is 88.2 cm³/mol. The van der Waals surface area contributed by atoms with E-state index in [1.165, 1.54) is 77.4 Å². The molecule has 0 spiro atoms. The van der Waals surface area contributed by atoms with Crippen LogP contribution in [0, 0.1) is 5.41 Å². The SMILES string of the molecule is CCCNC1C(N2CCCCCCC2)CCCC1(C)C. The lowest BCUT2D eigenvalue weighted by Crippen LogP contribution is -2.59. The fraction of sp³-hybridized carbons (Fsp3) is 1.00. The first-order valence-corrected chi connectivity index (χ1v) is 9.12. The van der Waals surface area contributed by atoms with Crippen LogP contribution in [0.3, 0.4) is 0 Å². The summed E-state index contributed by atoms with van der Waals surface area (Å²) in [4.78, 5) is 2.84. The molecule has 20 heavy (non-hydrogen) atoms. The number of nitrogens with zero attached hydrogens (tertiary/aromatic N) is 1. The molecule has 0 radical (unpaired) electrons.